The maximum Gasteiger partial charge on any atom is 0.312 e. The third-order valence-electron chi connectivity index (χ3n) is 1.83. The Balaban J connectivity index is 2.99. The highest BCUT2D eigenvalue weighted by Crippen LogP contribution is 2.19. The van der Waals surface area contributed by atoms with Crippen LogP contribution in [0.25, 0.3) is 0 Å². The van der Waals surface area contributed by atoms with Crippen LogP contribution in [0.4, 0.5) is 8.78 Å². The number of pyridine rings is 1. The molecule has 0 aliphatic carbocycles. The number of aliphatic carboxylic acids is 1. The summed E-state index contributed by atoms with van der Waals surface area (Å²) in [6.45, 7) is 1.40. The van der Waals surface area contributed by atoms with Gasteiger partial charge in [0, 0.05) is 0 Å². The summed E-state index contributed by atoms with van der Waals surface area (Å²) < 4.78 is 24.4. The second-order valence-electron chi connectivity index (χ2n) is 2.85. The number of halogens is 2. The average molecular weight is 201 g/mol. The standard InChI is InChI=1S/C9H9F2NO2/c1-5(9(13)14)6-3-2-4-7(12-6)8(10)11/h2-5,8H,1H3,(H,13,14). The molecule has 0 saturated heterocycles. The largest absolute Gasteiger partial charge is 0.481 e. The summed E-state index contributed by atoms with van der Waals surface area (Å²) in [5.41, 5.74) is -0.245. The molecule has 3 nitrogen and oxygen atoms in total. The number of hydrogen-bond donors (Lipinski definition) is 1. The van der Waals surface area contributed by atoms with Gasteiger partial charge in [-0.1, -0.05) is 6.07 Å². The van der Waals surface area contributed by atoms with Gasteiger partial charge >= 0.3 is 5.97 Å². The zero-order valence-corrected chi connectivity index (χ0v) is 7.45. The van der Waals surface area contributed by atoms with Crippen molar-refractivity contribution in [2.24, 2.45) is 0 Å². The van der Waals surface area contributed by atoms with E-state index < -0.39 is 24.0 Å². The van der Waals surface area contributed by atoms with Gasteiger partial charge in [0.1, 0.15) is 5.69 Å². The summed E-state index contributed by atoms with van der Waals surface area (Å²) in [7, 11) is 0. The van der Waals surface area contributed by atoms with Gasteiger partial charge in [0.05, 0.1) is 11.6 Å². The van der Waals surface area contributed by atoms with Crippen molar-refractivity contribution in [2.75, 3.05) is 0 Å². The summed E-state index contributed by atoms with van der Waals surface area (Å²) >= 11 is 0. The molecule has 0 spiro atoms. The minimum atomic E-state index is -2.67. The molecular weight excluding hydrogens is 192 g/mol. The second kappa shape index (κ2) is 4.13. The Labute approximate surface area is 79.4 Å². The molecule has 0 aliphatic heterocycles. The third kappa shape index (κ3) is 2.25. The molecule has 0 fully saturated rings. The van der Waals surface area contributed by atoms with E-state index in [1.807, 2.05) is 0 Å². The Hall–Kier alpha value is -1.52. The molecule has 1 N–H and O–H groups in total. The van der Waals surface area contributed by atoms with Gasteiger partial charge in [0.2, 0.25) is 0 Å². The number of hydrogen-bond acceptors (Lipinski definition) is 2. The summed E-state index contributed by atoms with van der Waals surface area (Å²) in [4.78, 5) is 14.1. The van der Waals surface area contributed by atoms with Crippen LogP contribution in [0.3, 0.4) is 0 Å². The molecule has 0 bridgehead atoms. The molecule has 0 aromatic carbocycles. The highest BCUT2D eigenvalue weighted by atomic mass is 19.3. The van der Waals surface area contributed by atoms with Crippen LogP contribution in [-0.2, 0) is 4.79 Å². The minimum absolute atomic E-state index is 0.148. The van der Waals surface area contributed by atoms with E-state index in [0.29, 0.717) is 0 Å². The van der Waals surface area contributed by atoms with Gasteiger partial charge in [-0.3, -0.25) is 9.78 Å². The lowest BCUT2D eigenvalue weighted by Crippen LogP contribution is -2.10. The highest BCUT2D eigenvalue weighted by molar-refractivity contribution is 5.74. The van der Waals surface area contributed by atoms with Gasteiger partial charge in [-0.25, -0.2) is 8.78 Å². The molecule has 1 aromatic heterocycles. The predicted octanol–water partition coefficient (Wildman–Crippen LogP) is 2.21. The van der Waals surface area contributed by atoms with Crippen molar-refractivity contribution in [3.8, 4) is 0 Å². The van der Waals surface area contributed by atoms with Crippen molar-refractivity contribution in [3.63, 3.8) is 0 Å². The number of nitrogens with zero attached hydrogens (tertiary/aromatic N) is 1. The molecule has 1 atom stereocenters. The third-order valence-corrected chi connectivity index (χ3v) is 1.83. The van der Waals surface area contributed by atoms with Crippen molar-refractivity contribution >= 4 is 5.97 Å². The summed E-state index contributed by atoms with van der Waals surface area (Å²) in [5, 5.41) is 8.64. The van der Waals surface area contributed by atoms with Crippen LogP contribution >= 0.6 is 0 Å². The van der Waals surface area contributed by atoms with Gasteiger partial charge in [-0.15, -0.1) is 0 Å². The van der Waals surface area contributed by atoms with Crippen LogP contribution in [-0.4, -0.2) is 16.1 Å². The SMILES string of the molecule is CC(C(=O)O)c1cccc(C(F)F)n1. The van der Waals surface area contributed by atoms with Crippen molar-refractivity contribution in [2.45, 2.75) is 19.3 Å². The maximum atomic E-state index is 12.2. The Morgan fingerprint density at radius 2 is 2.00 bits per heavy atom. The molecule has 0 amide bonds. The minimum Gasteiger partial charge on any atom is -0.481 e. The van der Waals surface area contributed by atoms with Crippen LogP contribution in [0.1, 0.15) is 30.7 Å². The Morgan fingerprint density at radius 3 is 2.50 bits per heavy atom. The normalized spacial score (nSPS) is 12.9. The molecule has 5 heteroatoms. The molecule has 0 radical (unpaired) electrons. The average Bonchev–Trinajstić information content (AvgIpc) is 2.16. The van der Waals surface area contributed by atoms with E-state index in [2.05, 4.69) is 4.98 Å². The Kier molecular flexibility index (Phi) is 3.11. The van der Waals surface area contributed by atoms with Crippen LogP contribution in [0, 0.1) is 0 Å². The fourth-order valence-electron chi connectivity index (χ4n) is 0.958. The van der Waals surface area contributed by atoms with E-state index in [1.54, 1.807) is 0 Å². The first-order valence-corrected chi connectivity index (χ1v) is 4.00. The summed E-state index contributed by atoms with van der Waals surface area (Å²) in [6.07, 6.45) is -2.67. The van der Waals surface area contributed by atoms with Gasteiger partial charge in [-0.05, 0) is 19.1 Å². The molecular formula is C9H9F2NO2. The van der Waals surface area contributed by atoms with Crippen LogP contribution in [0.5, 0.6) is 0 Å². The topological polar surface area (TPSA) is 50.2 Å². The van der Waals surface area contributed by atoms with Gasteiger partial charge in [0.25, 0.3) is 6.43 Å². The molecule has 1 rings (SSSR count). The molecule has 0 aliphatic rings. The van der Waals surface area contributed by atoms with Crippen molar-refractivity contribution in [3.05, 3.63) is 29.6 Å². The molecule has 1 heterocycles. The number of aromatic nitrogens is 1. The number of carbonyl (C=O) groups is 1. The summed E-state index contributed by atoms with van der Waals surface area (Å²) in [6, 6.07) is 3.97. The quantitative estimate of drug-likeness (QED) is 0.815. The fraction of sp³-hybridized carbons (Fsp3) is 0.333. The first kappa shape index (κ1) is 10.6. The van der Waals surface area contributed by atoms with Crippen LogP contribution < -0.4 is 0 Å². The maximum absolute atomic E-state index is 12.2. The lowest BCUT2D eigenvalue weighted by molar-refractivity contribution is -0.138. The zero-order valence-electron chi connectivity index (χ0n) is 7.45. The van der Waals surface area contributed by atoms with E-state index >= 15 is 0 Å². The first-order valence-electron chi connectivity index (χ1n) is 4.00. The molecule has 0 saturated carbocycles. The number of carboxylic acid groups (broad SMARTS) is 1. The van der Waals surface area contributed by atoms with E-state index in [-0.39, 0.29) is 5.69 Å². The molecule has 14 heavy (non-hydrogen) atoms. The monoisotopic (exact) mass is 201 g/mol. The Bertz CT molecular complexity index is 341. The van der Waals surface area contributed by atoms with Crippen molar-refractivity contribution in [1.29, 1.82) is 0 Å². The van der Waals surface area contributed by atoms with Crippen LogP contribution in [0.2, 0.25) is 0 Å². The van der Waals surface area contributed by atoms with Crippen molar-refractivity contribution in [1.82, 2.24) is 4.98 Å². The second-order valence-corrected chi connectivity index (χ2v) is 2.85. The number of carboxylic acids is 1. The lowest BCUT2D eigenvalue weighted by Gasteiger charge is -2.06. The smallest absolute Gasteiger partial charge is 0.312 e. The van der Waals surface area contributed by atoms with Crippen molar-refractivity contribution < 1.29 is 18.7 Å². The van der Waals surface area contributed by atoms with Gasteiger partial charge < -0.3 is 5.11 Å². The lowest BCUT2D eigenvalue weighted by atomic mass is 10.1. The fourth-order valence-corrected chi connectivity index (χ4v) is 0.958. The van der Waals surface area contributed by atoms with E-state index in [1.165, 1.54) is 25.1 Å². The van der Waals surface area contributed by atoms with Gasteiger partial charge in [-0.2, -0.15) is 0 Å². The molecule has 1 aromatic rings. The molecule has 1 unspecified atom stereocenters. The first-order chi connectivity index (χ1) is 6.52. The highest BCUT2D eigenvalue weighted by Gasteiger charge is 2.17. The summed E-state index contributed by atoms with van der Waals surface area (Å²) in [5.74, 6) is -1.95. The van der Waals surface area contributed by atoms with E-state index in [9.17, 15) is 13.6 Å². The van der Waals surface area contributed by atoms with E-state index in [4.69, 9.17) is 5.11 Å². The van der Waals surface area contributed by atoms with Gasteiger partial charge in [0.15, 0.2) is 0 Å². The predicted molar refractivity (Wildman–Crippen MR) is 45.2 cm³/mol. The number of alkyl halides is 2. The Morgan fingerprint density at radius 1 is 1.43 bits per heavy atom. The van der Waals surface area contributed by atoms with Crippen LogP contribution in [0.15, 0.2) is 18.2 Å². The molecule has 76 valence electrons. The zero-order chi connectivity index (χ0) is 10.7. The van der Waals surface area contributed by atoms with E-state index in [0.717, 1.165) is 0 Å². The number of rotatable bonds is 3.